The molecule has 1 aromatic rings. The van der Waals surface area contributed by atoms with Crippen molar-refractivity contribution in [2.45, 2.75) is 40.2 Å². The second-order valence-corrected chi connectivity index (χ2v) is 4.06. The zero-order valence-electron chi connectivity index (χ0n) is 10.5. The first-order chi connectivity index (χ1) is 7.60. The predicted molar refractivity (Wildman–Crippen MR) is 67.0 cm³/mol. The maximum absolute atomic E-state index is 11.4. The fraction of sp³-hybridized carbons (Fsp3) is 0.538. The average Bonchev–Trinajstić information content (AvgIpc) is 2.29. The molecule has 0 unspecified atom stereocenters. The van der Waals surface area contributed by atoms with Crippen molar-refractivity contribution in [2.75, 3.05) is 11.4 Å². The van der Waals surface area contributed by atoms with E-state index in [0.717, 1.165) is 12.2 Å². The van der Waals surface area contributed by atoms with Gasteiger partial charge in [-0.15, -0.1) is 0 Å². The van der Waals surface area contributed by atoms with Crippen LogP contribution < -0.4 is 4.90 Å². The Morgan fingerprint density at radius 3 is 2.44 bits per heavy atom. The van der Waals surface area contributed by atoms with Crippen molar-refractivity contribution in [3.63, 3.8) is 0 Å². The predicted octanol–water partition coefficient (Wildman–Crippen LogP) is 2.91. The Morgan fingerprint density at radius 1 is 1.38 bits per heavy atom. The molecule has 3 nitrogen and oxygen atoms in total. The van der Waals surface area contributed by atoms with Gasteiger partial charge in [0.25, 0.3) is 0 Å². The van der Waals surface area contributed by atoms with Crippen LogP contribution in [-0.4, -0.2) is 23.4 Å². The smallest absolute Gasteiger partial charge is 0.180 e. The molecular weight excluding hydrogens is 200 g/mol. The third-order valence-corrected chi connectivity index (χ3v) is 2.65. The van der Waals surface area contributed by atoms with E-state index in [0.29, 0.717) is 18.2 Å². The summed E-state index contributed by atoms with van der Waals surface area (Å²) in [6, 6.07) is 4.23. The summed E-state index contributed by atoms with van der Waals surface area (Å²) in [4.78, 5) is 17.9. The van der Waals surface area contributed by atoms with Gasteiger partial charge in [0.2, 0.25) is 0 Å². The van der Waals surface area contributed by atoms with E-state index < -0.39 is 0 Å². The Bertz CT molecular complexity index is 343. The largest absolute Gasteiger partial charge is 0.368 e. The maximum Gasteiger partial charge on any atom is 0.180 e. The topological polar surface area (TPSA) is 33.2 Å². The molecule has 0 aliphatic rings. The van der Waals surface area contributed by atoms with Crippen molar-refractivity contribution in [2.24, 2.45) is 0 Å². The van der Waals surface area contributed by atoms with Crippen LogP contribution in [0.1, 0.15) is 44.6 Å². The van der Waals surface area contributed by atoms with Crippen LogP contribution in [0.2, 0.25) is 0 Å². The van der Waals surface area contributed by atoms with E-state index in [-0.39, 0.29) is 5.78 Å². The highest BCUT2D eigenvalue weighted by Crippen LogP contribution is 2.16. The van der Waals surface area contributed by atoms with E-state index >= 15 is 0 Å². The first kappa shape index (κ1) is 12.7. The number of Topliss-reactive ketones (excluding diaryl/α,β-unsaturated/α-hetero) is 1. The molecule has 1 aromatic heterocycles. The van der Waals surface area contributed by atoms with Gasteiger partial charge in [0.05, 0.1) is 11.9 Å². The highest BCUT2D eigenvalue weighted by atomic mass is 16.1. The van der Waals surface area contributed by atoms with Crippen LogP contribution in [0.5, 0.6) is 0 Å². The van der Waals surface area contributed by atoms with Gasteiger partial charge in [0.15, 0.2) is 5.78 Å². The fourth-order valence-corrected chi connectivity index (χ4v) is 1.75. The number of anilines is 1. The lowest BCUT2D eigenvalue weighted by Gasteiger charge is -2.27. The van der Waals surface area contributed by atoms with Crippen LogP contribution in [0.25, 0.3) is 0 Å². The summed E-state index contributed by atoms with van der Waals surface area (Å²) in [5, 5.41) is 0. The highest BCUT2D eigenvalue weighted by Gasteiger charge is 2.10. The van der Waals surface area contributed by atoms with Gasteiger partial charge >= 0.3 is 0 Å². The van der Waals surface area contributed by atoms with Crippen LogP contribution >= 0.6 is 0 Å². The number of hydrogen-bond acceptors (Lipinski definition) is 3. The second-order valence-electron chi connectivity index (χ2n) is 4.06. The van der Waals surface area contributed by atoms with Gasteiger partial charge in [-0.05, 0) is 32.9 Å². The van der Waals surface area contributed by atoms with Crippen molar-refractivity contribution in [3.8, 4) is 0 Å². The molecule has 0 amide bonds. The molecule has 16 heavy (non-hydrogen) atoms. The monoisotopic (exact) mass is 220 g/mol. The molecule has 0 saturated carbocycles. The minimum Gasteiger partial charge on any atom is -0.368 e. The van der Waals surface area contributed by atoms with E-state index in [2.05, 4.69) is 30.7 Å². The van der Waals surface area contributed by atoms with Crippen molar-refractivity contribution in [1.29, 1.82) is 0 Å². The number of aromatic nitrogens is 1. The van der Waals surface area contributed by atoms with Crippen LogP contribution in [0, 0.1) is 0 Å². The Hall–Kier alpha value is -1.38. The third kappa shape index (κ3) is 2.81. The molecule has 0 spiro atoms. The van der Waals surface area contributed by atoms with Crippen molar-refractivity contribution in [3.05, 3.63) is 24.0 Å². The number of hydrogen-bond donors (Lipinski definition) is 0. The minimum absolute atomic E-state index is 0.0964. The molecule has 88 valence electrons. The normalized spacial score (nSPS) is 10.6. The van der Waals surface area contributed by atoms with E-state index in [4.69, 9.17) is 0 Å². The van der Waals surface area contributed by atoms with E-state index in [1.807, 2.05) is 19.1 Å². The zero-order valence-corrected chi connectivity index (χ0v) is 10.5. The summed E-state index contributed by atoms with van der Waals surface area (Å²) < 4.78 is 0. The van der Waals surface area contributed by atoms with Gasteiger partial charge in [-0.1, -0.05) is 6.92 Å². The lowest BCUT2D eigenvalue weighted by Crippen LogP contribution is -2.30. The van der Waals surface area contributed by atoms with Crippen LogP contribution in [0.15, 0.2) is 18.3 Å². The Morgan fingerprint density at radius 2 is 2.06 bits per heavy atom. The molecule has 0 bridgehead atoms. The van der Waals surface area contributed by atoms with Crippen molar-refractivity contribution in [1.82, 2.24) is 4.98 Å². The standard InChI is InChI=1S/C13H20N2O/c1-5-13(16)12-8-7-11(9-14-12)15(6-2)10(3)4/h7-10H,5-6H2,1-4H3. The van der Waals surface area contributed by atoms with Gasteiger partial charge in [-0.2, -0.15) is 0 Å². The quantitative estimate of drug-likeness (QED) is 0.715. The average molecular weight is 220 g/mol. The Kier molecular flexibility index (Phi) is 4.47. The number of pyridine rings is 1. The fourth-order valence-electron chi connectivity index (χ4n) is 1.75. The number of ketones is 1. The van der Waals surface area contributed by atoms with Crippen LogP contribution in [0.4, 0.5) is 5.69 Å². The summed E-state index contributed by atoms with van der Waals surface area (Å²) in [6.45, 7) is 9.21. The molecular formula is C13H20N2O. The molecule has 0 atom stereocenters. The number of carbonyl (C=O) groups is 1. The number of rotatable bonds is 5. The SMILES string of the molecule is CCC(=O)c1ccc(N(CC)C(C)C)cn1. The summed E-state index contributed by atoms with van der Waals surface area (Å²) in [5.74, 6) is 0.0964. The van der Waals surface area contributed by atoms with Gasteiger partial charge < -0.3 is 4.90 Å². The van der Waals surface area contributed by atoms with Crippen molar-refractivity contribution < 1.29 is 4.79 Å². The van der Waals surface area contributed by atoms with Gasteiger partial charge in [-0.3, -0.25) is 9.78 Å². The number of carbonyl (C=O) groups excluding carboxylic acids is 1. The molecule has 0 aliphatic carbocycles. The van der Waals surface area contributed by atoms with E-state index in [9.17, 15) is 4.79 Å². The molecule has 1 rings (SSSR count). The summed E-state index contributed by atoms with van der Waals surface area (Å²) in [6.07, 6.45) is 2.29. The molecule has 0 N–H and O–H groups in total. The Balaban J connectivity index is 2.89. The van der Waals surface area contributed by atoms with Crippen LogP contribution in [-0.2, 0) is 0 Å². The Labute approximate surface area is 97.5 Å². The second kappa shape index (κ2) is 5.64. The van der Waals surface area contributed by atoms with Crippen molar-refractivity contribution >= 4 is 11.5 Å². The first-order valence-corrected chi connectivity index (χ1v) is 5.86. The zero-order chi connectivity index (χ0) is 12.1. The minimum atomic E-state index is 0.0964. The molecule has 3 heteroatoms. The van der Waals surface area contributed by atoms with Gasteiger partial charge in [-0.25, -0.2) is 0 Å². The van der Waals surface area contributed by atoms with E-state index in [1.165, 1.54) is 0 Å². The summed E-state index contributed by atoms with van der Waals surface area (Å²) in [5.41, 5.74) is 1.64. The number of nitrogens with zero attached hydrogens (tertiary/aromatic N) is 2. The molecule has 0 saturated heterocycles. The molecule has 0 aromatic carbocycles. The van der Waals surface area contributed by atoms with Gasteiger partial charge in [0.1, 0.15) is 5.69 Å². The molecule has 1 heterocycles. The maximum atomic E-state index is 11.4. The molecule has 0 aliphatic heterocycles. The molecule has 0 radical (unpaired) electrons. The summed E-state index contributed by atoms with van der Waals surface area (Å²) >= 11 is 0. The van der Waals surface area contributed by atoms with E-state index in [1.54, 1.807) is 6.20 Å². The lowest BCUT2D eigenvalue weighted by molar-refractivity contribution is 0.0983. The third-order valence-electron chi connectivity index (χ3n) is 2.65. The highest BCUT2D eigenvalue weighted by molar-refractivity contribution is 5.94. The first-order valence-electron chi connectivity index (χ1n) is 5.86. The molecule has 0 fully saturated rings. The van der Waals surface area contributed by atoms with Crippen LogP contribution in [0.3, 0.4) is 0 Å². The van der Waals surface area contributed by atoms with Gasteiger partial charge in [0, 0.05) is 19.0 Å². The summed E-state index contributed by atoms with van der Waals surface area (Å²) in [7, 11) is 0. The lowest BCUT2D eigenvalue weighted by atomic mass is 10.2.